The molecule has 1 heterocycles. The van der Waals surface area contributed by atoms with E-state index in [1.54, 1.807) is 18.9 Å². The number of aromatic nitrogens is 1. The zero-order valence-corrected chi connectivity index (χ0v) is 8.94. The minimum Gasteiger partial charge on any atom is -0.441 e. The van der Waals surface area contributed by atoms with Crippen LogP contribution in [0.4, 0.5) is 5.69 Å². The summed E-state index contributed by atoms with van der Waals surface area (Å²) in [5.74, 6) is 0.627. The molecule has 0 bridgehead atoms. The van der Waals surface area contributed by atoms with E-state index in [1.165, 1.54) is 6.92 Å². The van der Waals surface area contributed by atoms with Gasteiger partial charge in [0.25, 0.3) is 0 Å². The van der Waals surface area contributed by atoms with Crippen molar-refractivity contribution in [1.29, 1.82) is 0 Å². The van der Waals surface area contributed by atoms with E-state index in [2.05, 4.69) is 4.98 Å². The number of fused-ring (bicyclic) bond motifs is 1. The first kappa shape index (κ1) is 9.71. The minimum atomic E-state index is -0.00503. The zero-order chi connectivity index (χ0) is 11.0. The number of hydrogen-bond acceptors (Lipinski definition) is 3. The molecule has 0 saturated heterocycles. The fraction of sp³-hybridized carbons (Fsp3) is 0.273. The van der Waals surface area contributed by atoms with Crippen LogP contribution >= 0.6 is 0 Å². The van der Waals surface area contributed by atoms with E-state index in [0.717, 1.165) is 16.8 Å². The number of nitrogens with zero attached hydrogens (tertiary/aromatic N) is 2. The Morgan fingerprint density at radius 3 is 2.87 bits per heavy atom. The number of benzene rings is 1. The van der Waals surface area contributed by atoms with Crippen LogP contribution in [-0.4, -0.2) is 17.9 Å². The lowest BCUT2D eigenvalue weighted by atomic mass is 10.2. The van der Waals surface area contributed by atoms with Gasteiger partial charge in [0.05, 0.1) is 0 Å². The van der Waals surface area contributed by atoms with Crippen LogP contribution in [-0.2, 0) is 4.79 Å². The molecule has 1 amide bonds. The maximum atomic E-state index is 11.2. The van der Waals surface area contributed by atoms with Crippen molar-refractivity contribution < 1.29 is 9.21 Å². The number of oxazole rings is 1. The van der Waals surface area contributed by atoms with Crippen molar-refractivity contribution in [3.63, 3.8) is 0 Å². The predicted molar refractivity (Wildman–Crippen MR) is 57.8 cm³/mol. The SMILES string of the molecule is CC(=O)N(C)c1ccc2oc(C)nc2c1. The van der Waals surface area contributed by atoms with Crippen LogP contribution in [0.5, 0.6) is 0 Å². The van der Waals surface area contributed by atoms with E-state index >= 15 is 0 Å². The van der Waals surface area contributed by atoms with Crippen LogP contribution in [0.2, 0.25) is 0 Å². The van der Waals surface area contributed by atoms with Gasteiger partial charge >= 0.3 is 0 Å². The molecule has 0 radical (unpaired) electrons. The Bertz CT molecular complexity index is 516. The molecule has 0 aliphatic heterocycles. The Labute approximate surface area is 87.5 Å². The molecule has 0 saturated carbocycles. The second-order valence-electron chi connectivity index (χ2n) is 3.46. The number of hydrogen-bond donors (Lipinski definition) is 0. The smallest absolute Gasteiger partial charge is 0.223 e. The molecule has 0 aliphatic rings. The molecule has 0 fully saturated rings. The lowest BCUT2D eigenvalue weighted by Gasteiger charge is -2.14. The van der Waals surface area contributed by atoms with Crippen LogP contribution in [0.25, 0.3) is 11.1 Å². The van der Waals surface area contributed by atoms with Gasteiger partial charge in [-0.15, -0.1) is 0 Å². The molecule has 0 spiro atoms. The van der Waals surface area contributed by atoms with E-state index in [-0.39, 0.29) is 5.91 Å². The van der Waals surface area contributed by atoms with Gasteiger partial charge in [-0.2, -0.15) is 0 Å². The van der Waals surface area contributed by atoms with Crippen LogP contribution in [0.1, 0.15) is 12.8 Å². The number of carbonyl (C=O) groups is 1. The number of carbonyl (C=O) groups excluding carboxylic acids is 1. The van der Waals surface area contributed by atoms with E-state index in [0.29, 0.717) is 5.89 Å². The minimum absolute atomic E-state index is 0.00503. The van der Waals surface area contributed by atoms with Gasteiger partial charge in [0.15, 0.2) is 11.5 Å². The molecule has 2 rings (SSSR count). The highest BCUT2D eigenvalue weighted by Gasteiger charge is 2.08. The van der Waals surface area contributed by atoms with Crippen molar-refractivity contribution in [2.24, 2.45) is 0 Å². The second kappa shape index (κ2) is 3.38. The Morgan fingerprint density at radius 2 is 2.20 bits per heavy atom. The first-order valence-corrected chi connectivity index (χ1v) is 4.69. The molecule has 0 N–H and O–H groups in total. The first-order chi connectivity index (χ1) is 7.08. The highest BCUT2D eigenvalue weighted by Crippen LogP contribution is 2.21. The van der Waals surface area contributed by atoms with Gasteiger partial charge in [0, 0.05) is 26.6 Å². The number of rotatable bonds is 1. The third-order valence-corrected chi connectivity index (χ3v) is 2.34. The maximum absolute atomic E-state index is 11.2. The summed E-state index contributed by atoms with van der Waals surface area (Å²) in [6.07, 6.45) is 0. The second-order valence-corrected chi connectivity index (χ2v) is 3.46. The summed E-state index contributed by atoms with van der Waals surface area (Å²) < 4.78 is 5.35. The van der Waals surface area contributed by atoms with Crippen LogP contribution in [0.3, 0.4) is 0 Å². The number of aryl methyl sites for hydroxylation is 1. The van der Waals surface area contributed by atoms with Crippen molar-refractivity contribution in [3.05, 3.63) is 24.1 Å². The monoisotopic (exact) mass is 204 g/mol. The summed E-state index contributed by atoms with van der Waals surface area (Å²) in [7, 11) is 1.73. The van der Waals surface area contributed by atoms with E-state index < -0.39 is 0 Å². The van der Waals surface area contributed by atoms with Gasteiger partial charge in [-0.3, -0.25) is 4.79 Å². The molecule has 1 aromatic carbocycles. The van der Waals surface area contributed by atoms with Gasteiger partial charge in [0.1, 0.15) is 5.52 Å². The quantitative estimate of drug-likeness (QED) is 0.714. The molecule has 78 valence electrons. The third kappa shape index (κ3) is 1.70. The average Bonchev–Trinajstić information content (AvgIpc) is 2.55. The van der Waals surface area contributed by atoms with Crippen LogP contribution in [0, 0.1) is 6.92 Å². The molecule has 2 aromatic rings. The topological polar surface area (TPSA) is 46.3 Å². The van der Waals surface area contributed by atoms with Gasteiger partial charge in [-0.05, 0) is 18.2 Å². The Balaban J connectivity index is 2.50. The lowest BCUT2D eigenvalue weighted by Crippen LogP contribution is -2.22. The van der Waals surface area contributed by atoms with Crippen molar-refractivity contribution in [2.45, 2.75) is 13.8 Å². The number of anilines is 1. The van der Waals surface area contributed by atoms with Crippen LogP contribution in [0.15, 0.2) is 22.6 Å². The van der Waals surface area contributed by atoms with Gasteiger partial charge in [0.2, 0.25) is 5.91 Å². The van der Waals surface area contributed by atoms with Crippen molar-refractivity contribution >= 4 is 22.7 Å². The fourth-order valence-electron chi connectivity index (χ4n) is 1.42. The van der Waals surface area contributed by atoms with Gasteiger partial charge in [-0.1, -0.05) is 0 Å². The Morgan fingerprint density at radius 1 is 1.47 bits per heavy atom. The number of amides is 1. The molecule has 0 unspecified atom stereocenters. The molecular formula is C11H12N2O2. The molecule has 15 heavy (non-hydrogen) atoms. The zero-order valence-electron chi connectivity index (χ0n) is 8.94. The third-order valence-electron chi connectivity index (χ3n) is 2.34. The van der Waals surface area contributed by atoms with Crippen molar-refractivity contribution in [2.75, 3.05) is 11.9 Å². The molecular weight excluding hydrogens is 192 g/mol. The van der Waals surface area contributed by atoms with Gasteiger partial charge in [-0.25, -0.2) is 4.98 Å². The van der Waals surface area contributed by atoms with E-state index in [9.17, 15) is 4.79 Å². The Hall–Kier alpha value is -1.84. The summed E-state index contributed by atoms with van der Waals surface area (Å²) in [5.41, 5.74) is 2.34. The molecule has 1 aromatic heterocycles. The van der Waals surface area contributed by atoms with Crippen LogP contribution < -0.4 is 4.90 Å². The molecule has 0 aliphatic carbocycles. The summed E-state index contributed by atoms with van der Waals surface area (Å²) in [6, 6.07) is 5.51. The largest absolute Gasteiger partial charge is 0.441 e. The van der Waals surface area contributed by atoms with Gasteiger partial charge < -0.3 is 9.32 Å². The summed E-state index contributed by atoms with van der Waals surface area (Å²) in [6.45, 7) is 3.33. The lowest BCUT2D eigenvalue weighted by molar-refractivity contribution is -0.116. The summed E-state index contributed by atoms with van der Waals surface area (Å²) >= 11 is 0. The highest BCUT2D eigenvalue weighted by atomic mass is 16.3. The average molecular weight is 204 g/mol. The molecule has 0 atom stereocenters. The fourth-order valence-corrected chi connectivity index (χ4v) is 1.42. The highest BCUT2D eigenvalue weighted by molar-refractivity contribution is 5.93. The summed E-state index contributed by atoms with van der Waals surface area (Å²) in [5, 5.41) is 0. The molecule has 4 heteroatoms. The predicted octanol–water partition coefficient (Wildman–Crippen LogP) is 2.12. The van der Waals surface area contributed by atoms with E-state index in [4.69, 9.17) is 4.42 Å². The van der Waals surface area contributed by atoms with E-state index in [1.807, 2.05) is 18.2 Å². The maximum Gasteiger partial charge on any atom is 0.223 e. The van der Waals surface area contributed by atoms with Crippen molar-refractivity contribution in [1.82, 2.24) is 4.98 Å². The normalized spacial score (nSPS) is 10.6. The Kier molecular flexibility index (Phi) is 2.19. The van der Waals surface area contributed by atoms with Crippen molar-refractivity contribution in [3.8, 4) is 0 Å². The molecule has 4 nitrogen and oxygen atoms in total. The standard InChI is InChI=1S/C11H12N2O2/c1-7-12-10-6-9(13(3)8(2)14)4-5-11(10)15-7/h4-6H,1-3H3. The first-order valence-electron chi connectivity index (χ1n) is 4.69. The summed E-state index contributed by atoms with van der Waals surface area (Å²) in [4.78, 5) is 17.0.